The number of carbonyl (C=O) groups excluding carboxylic acids is 2. The van der Waals surface area contributed by atoms with Crippen LogP contribution in [0.3, 0.4) is 0 Å². The predicted molar refractivity (Wildman–Crippen MR) is 109 cm³/mol. The van der Waals surface area contributed by atoms with Gasteiger partial charge in [-0.2, -0.15) is 0 Å². The van der Waals surface area contributed by atoms with Gasteiger partial charge in [0, 0.05) is 19.5 Å². The number of ether oxygens (including phenoxy) is 2. The monoisotopic (exact) mass is 417 g/mol. The summed E-state index contributed by atoms with van der Waals surface area (Å²) in [4.78, 5) is 24.3. The van der Waals surface area contributed by atoms with Gasteiger partial charge in [-0.05, 0) is 30.7 Å². The van der Waals surface area contributed by atoms with Gasteiger partial charge in [-0.3, -0.25) is 9.69 Å². The maximum absolute atomic E-state index is 14.4. The number of nitrogens with one attached hydrogen (secondary N) is 2. The van der Waals surface area contributed by atoms with E-state index in [1.165, 1.54) is 24.0 Å². The van der Waals surface area contributed by atoms with Crippen molar-refractivity contribution in [1.82, 2.24) is 5.32 Å². The summed E-state index contributed by atoms with van der Waals surface area (Å²) in [6, 6.07) is 11.2. The molecule has 3 N–H and O–H groups in total. The van der Waals surface area contributed by atoms with Crippen molar-refractivity contribution in [2.45, 2.75) is 19.4 Å². The summed E-state index contributed by atoms with van der Waals surface area (Å²) in [7, 11) is 0. The third-order valence-electron chi connectivity index (χ3n) is 4.48. The molecule has 1 aliphatic rings. The number of carbonyl (C=O) groups is 2. The fraction of sp³-hybridized carbons (Fsp3) is 0.333. The third-order valence-corrected chi connectivity index (χ3v) is 4.48. The van der Waals surface area contributed by atoms with E-state index in [1.54, 1.807) is 24.3 Å². The van der Waals surface area contributed by atoms with E-state index in [9.17, 15) is 19.1 Å². The highest BCUT2D eigenvalue weighted by atomic mass is 19.1. The number of halogens is 1. The molecule has 9 heteroatoms. The van der Waals surface area contributed by atoms with E-state index < -0.39 is 18.0 Å². The quantitative estimate of drug-likeness (QED) is 0.429. The molecule has 2 aromatic carbocycles. The van der Waals surface area contributed by atoms with Crippen LogP contribution in [0, 0.1) is 5.82 Å². The number of amides is 2. The first-order chi connectivity index (χ1) is 14.4. The van der Waals surface area contributed by atoms with Crippen LogP contribution in [-0.2, 0) is 9.53 Å². The van der Waals surface area contributed by atoms with Crippen LogP contribution in [0.25, 0.3) is 0 Å². The number of aromatic hydroxyl groups is 1. The molecular weight excluding hydrogens is 393 g/mol. The van der Waals surface area contributed by atoms with E-state index in [0.29, 0.717) is 24.3 Å². The highest BCUT2D eigenvalue weighted by molar-refractivity contribution is 5.90. The third kappa shape index (κ3) is 5.53. The second-order valence-electron chi connectivity index (χ2n) is 6.81. The van der Waals surface area contributed by atoms with Gasteiger partial charge in [0.25, 0.3) is 0 Å². The molecule has 1 atom stereocenters. The highest BCUT2D eigenvalue weighted by Crippen LogP contribution is 2.27. The molecule has 0 aliphatic carbocycles. The first-order valence-electron chi connectivity index (χ1n) is 9.61. The summed E-state index contributed by atoms with van der Waals surface area (Å²) in [5.74, 6) is -0.546. The predicted octanol–water partition coefficient (Wildman–Crippen LogP) is 2.87. The maximum atomic E-state index is 14.4. The highest BCUT2D eigenvalue weighted by Gasteiger charge is 2.32. The Bertz CT molecular complexity index is 908. The summed E-state index contributed by atoms with van der Waals surface area (Å²) in [5.41, 5.74) is 0.985. The van der Waals surface area contributed by atoms with E-state index in [4.69, 9.17) is 9.47 Å². The molecule has 0 unspecified atom stereocenters. The average Bonchev–Trinajstić information content (AvgIpc) is 3.09. The van der Waals surface area contributed by atoms with Gasteiger partial charge in [0.1, 0.15) is 11.9 Å². The largest absolute Gasteiger partial charge is 0.506 e. The Kier molecular flexibility index (Phi) is 6.95. The number of benzene rings is 2. The van der Waals surface area contributed by atoms with E-state index in [-0.39, 0.29) is 37.1 Å². The van der Waals surface area contributed by atoms with Gasteiger partial charge < -0.3 is 25.2 Å². The van der Waals surface area contributed by atoms with Crippen molar-refractivity contribution < 1.29 is 28.6 Å². The lowest BCUT2D eigenvalue weighted by atomic mass is 10.2. The number of rotatable bonds is 9. The summed E-state index contributed by atoms with van der Waals surface area (Å²) in [6.07, 6.45) is -0.482. The Morgan fingerprint density at radius 1 is 1.33 bits per heavy atom. The van der Waals surface area contributed by atoms with Crippen LogP contribution in [0.1, 0.15) is 13.3 Å². The molecule has 3 rings (SSSR count). The van der Waals surface area contributed by atoms with Gasteiger partial charge in [-0.15, -0.1) is 0 Å². The summed E-state index contributed by atoms with van der Waals surface area (Å²) in [6.45, 7) is 2.63. The van der Waals surface area contributed by atoms with Crippen LogP contribution >= 0.6 is 0 Å². The van der Waals surface area contributed by atoms with Crippen LogP contribution in [0.5, 0.6) is 11.5 Å². The fourth-order valence-corrected chi connectivity index (χ4v) is 2.97. The van der Waals surface area contributed by atoms with Gasteiger partial charge in [0.05, 0.1) is 31.1 Å². The SMILES string of the molecule is CC(=O)NC[C@H]1CN(c2ccc(OCCCNc3ccccc3O)c(F)c2)C(=O)O1. The van der Waals surface area contributed by atoms with Crippen LogP contribution in [0.2, 0.25) is 0 Å². The zero-order chi connectivity index (χ0) is 21.5. The van der Waals surface area contributed by atoms with Crippen molar-refractivity contribution in [1.29, 1.82) is 0 Å². The standard InChI is InChI=1S/C21H24FN3O5/c1-14(26)24-12-16-13-25(21(28)30-16)15-7-8-20(17(22)11-15)29-10-4-9-23-18-5-2-3-6-19(18)27/h2-3,5-8,11,16,23,27H,4,9-10,12-13H2,1H3,(H,24,26)/t16-/m0/s1. The van der Waals surface area contributed by atoms with E-state index in [0.717, 1.165) is 0 Å². The van der Waals surface area contributed by atoms with Crippen LogP contribution in [-0.4, -0.2) is 49.5 Å². The van der Waals surface area contributed by atoms with Crippen LogP contribution in [0.4, 0.5) is 20.6 Å². The molecule has 2 amide bonds. The Hall–Kier alpha value is -3.49. The number of hydrogen-bond acceptors (Lipinski definition) is 6. The first kappa shape index (κ1) is 21.2. The molecule has 1 saturated heterocycles. The molecule has 0 spiro atoms. The number of hydrogen-bond donors (Lipinski definition) is 3. The molecule has 8 nitrogen and oxygen atoms in total. The molecule has 30 heavy (non-hydrogen) atoms. The minimum absolute atomic E-state index is 0.0867. The molecule has 1 heterocycles. The van der Waals surface area contributed by atoms with E-state index in [2.05, 4.69) is 10.6 Å². The average molecular weight is 417 g/mol. The number of para-hydroxylation sites is 2. The van der Waals surface area contributed by atoms with Gasteiger partial charge in [0.2, 0.25) is 5.91 Å². The van der Waals surface area contributed by atoms with Gasteiger partial charge in [-0.25, -0.2) is 9.18 Å². The van der Waals surface area contributed by atoms with E-state index in [1.807, 2.05) is 6.07 Å². The second-order valence-corrected chi connectivity index (χ2v) is 6.81. The minimum Gasteiger partial charge on any atom is -0.506 e. The van der Waals surface area contributed by atoms with E-state index >= 15 is 0 Å². The Morgan fingerprint density at radius 2 is 2.13 bits per heavy atom. The smallest absolute Gasteiger partial charge is 0.414 e. The second kappa shape index (κ2) is 9.82. The Labute approximate surface area is 173 Å². The number of phenolic OH excluding ortho intramolecular Hbond substituents is 1. The lowest BCUT2D eigenvalue weighted by Gasteiger charge is -2.15. The minimum atomic E-state index is -0.589. The summed E-state index contributed by atoms with van der Waals surface area (Å²) < 4.78 is 25.1. The van der Waals surface area contributed by atoms with Crippen molar-refractivity contribution in [2.24, 2.45) is 0 Å². The number of cyclic esters (lactones) is 1. The van der Waals surface area contributed by atoms with Crippen molar-refractivity contribution in [3.63, 3.8) is 0 Å². The molecule has 160 valence electrons. The Balaban J connectivity index is 1.47. The number of nitrogens with zero attached hydrogens (tertiary/aromatic N) is 1. The molecule has 0 radical (unpaired) electrons. The first-order valence-corrected chi connectivity index (χ1v) is 9.61. The molecule has 2 aromatic rings. The van der Waals surface area contributed by atoms with Crippen molar-refractivity contribution in [3.05, 3.63) is 48.3 Å². The lowest BCUT2D eigenvalue weighted by Crippen LogP contribution is -2.33. The lowest BCUT2D eigenvalue weighted by molar-refractivity contribution is -0.119. The van der Waals surface area contributed by atoms with Gasteiger partial charge in [-0.1, -0.05) is 12.1 Å². The molecular formula is C21H24FN3O5. The zero-order valence-electron chi connectivity index (χ0n) is 16.6. The van der Waals surface area contributed by atoms with Crippen molar-refractivity contribution >= 4 is 23.4 Å². The summed E-state index contributed by atoms with van der Waals surface area (Å²) in [5, 5.41) is 15.4. The topological polar surface area (TPSA) is 100 Å². The zero-order valence-corrected chi connectivity index (χ0v) is 16.6. The Morgan fingerprint density at radius 3 is 2.87 bits per heavy atom. The summed E-state index contributed by atoms with van der Waals surface area (Å²) >= 11 is 0. The van der Waals surface area contributed by atoms with Crippen LogP contribution in [0.15, 0.2) is 42.5 Å². The maximum Gasteiger partial charge on any atom is 0.414 e. The molecule has 1 fully saturated rings. The normalized spacial score (nSPS) is 15.6. The van der Waals surface area contributed by atoms with Gasteiger partial charge in [0.15, 0.2) is 11.6 Å². The van der Waals surface area contributed by atoms with Gasteiger partial charge >= 0.3 is 6.09 Å². The van der Waals surface area contributed by atoms with Crippen molar-refractivity contribution in [3.8, 4) is 11.5 Å². The molecule has 0 aromatic heterocycles. The molecule has 0 bridgehead atoms. The van der Waals surface area contributed by atoms with Crippen LogP contribution < -0.4 is 20.3 Å². The number of phenols is 1. The number of anilines is 2. The molecule has 1 aliphatic heterocycles. The fourth-order valence-electron chi connectivity index (χ4n) is 2.97. The molecule has 0 saturated carbocycles. The van der Waals surface area contributed by atoms with Crippen molar-refractivity contribution in [2.75, 3.05) is 36.5 Å².